The van der Waals surface area contributed by atoms with Gasteiger partial charge in [-0.1, -0.05) is 26.0 Å². The first kappa shape index (κ1) is 14.6. The van der Waals surface area contributed by atoms with Crippen molar-refractivity contribution >= 4 is 10.9 Å². The zero-order valence-electron chi connectivity index (χ0n) is 13.7. The highest BCUT2D eigenvalue weighted by Crippen LogP contribution is 2.24. The van der Waals surface area contributed by atoms with Crippen molar-refractivity contribution in [3.05, 3.63) is 35.5 Å². The average Bonchev–Trinajstić information content (AvgIpc) is 2.82. The molecule has 3 heteroatoms. The van der Waals surface area contributed by atoms with Crippen LogP contribution < -0.4 is 0 Å². The molecule has 1 fully saturated rings. The number of fused-ring (bicyclic) bond motifs is 1. The van der Waals surface area contributed by atoms with Gasteiger partial charge >= 0.3 is 0 Å². The maximum atomic E-state index is 3.45. The standard InChI is InChI=1S/C18H27N3/c1-13(2)18-12-20(4)8-9-21(18)11-15-6-5-7-17-16(15)10-14(3)19-17/h5-7,10,13,18-19H,8-9,11-12H2,1-4H3/t18-/m1/s1. The number of hydrogen-bond donors (Lipinski definition) is 1. The number of nitrogens with zero attached hydrogens (tertiary/aromatic N) is 2. The summed E-state index contributed by atoms with van der Waals surface area (Å²) in [6, 6.07) is 9.57. The van der Waals surface area contributed by atoms with Gasteiger partial charge in [0.05, 0.1) is 0 Å². The van der Waals surface area contributed by atoms with E-state index in [0.717, 1.165) is 6.54 Å². The van der Waals surface area contributed by atoms with E-state index in [1.807, 2.05) is 0 Å². The van der Waals surface area contributed by atoms with Crippen LogP contribution >= 0.6 is 0 Å². The summed E-state index contributed by atoms with van der Waals surface area (Å²) >= 11 is 0. The molecule has 0 spiro atoms. The Hall–Kier alpha value is -1.32. The second-order valence-corrected chi connectivity index (χ2v) is 6.87. The summed E-state index contributed by atoms with van der Waals surface area (Å²) in [6.45, 7) is 11.4. The number of benzene rings is 1. The van der Waals surface area contributed by atoms with E-state index in [2.05, 4.69) is 66.9 Å². The van der Waals surface area contributed by atoms with Crippen molar-refractivity contribution in [1.82, 2.24) is 14.8 Å². The molecule has 3 nitrogen and oxygen atoms in total. The van der Waals surface area contributed by atoms with E-state index < -0.39 is 0 Å². The summed E-state index contributed by atoms with van der Waals surface area (Å²) in [7, 11) is 2.24. The lowest BCUT2D eigenvalue weighted by Crippen LogP contribution is -2.53. The highest BCUT2D eigenvalue weighted by atomic mass is 15.3. The van der Waals surface area contributed by atoms with Gasteiger partial charge in [-0.25, -0.2) is 0 Å². The first-order valence-corrected chi connectivity index (χ1v) is 8.04. The lowest BCUT2D eigenvalue weighted by Gasteiger charge is -2.42. The summed E-state index contributed by atoms with van der Waals surface area (Å²) in [6.07, 6.45) is 0. The van der Waals surface area contributed by atoms with Crippen molar-refractivity contribution in [2.75, 3.05) is 26.7 Å². The molecule has 1 aromatic carbocycles. The van der Waals surface area contributed by atoms with Crippen molar-refractivity contribution in [2.24, 2.45) is 5.92 Å². The smallest absolute Gasteiger partial charge is 0.0459 e. The van der Waals surface area contributed by atoms with Crippen LogP contribution in [0.1, 0.15) is 25.1 Å². The van der Waals surface area contributed by atoms with Crippen molar-refractivity contribution in [3.8, 4) is 0 Å². The second-order valence-electron chi connectivity index (χ2n) is 6.87. The third kappa shape index (κ3) is 2.99. The van der Waals surface area contributed by atoms with Gasteiger partial charge in [0.15, 0.2) is 0 Å². The molecule has 0 unspecified atom stereocenters. The highest BCUT2D eigenvalue weighted by Gasteiger charge is 2.27. The van der Waals surface area contributed by atoms with Crippen LogP contribution in [-0.4, -0.2) is 47.5 Å². The number of aryl methyl sites for hydroxylation is 1. The Morgan fingerprint density at radius 3 is 2.86 bits per heavy atom. The Bertz CT molecular complexity index is 614. The molecule has 2 heterocycles. The Morgan fingerprint density at radius 1 is 1.29 bits per heavy atom. The number of aromatic nitrogens is 1. The number of aromatic amines is 1. The van der Waals surface area contributed by atoms with Crippen LogP contribution in [0.4, 0.5) is 0 Å². The lowest BCUT2D eigenvalue weighted by molar-refractivity contribution is 0.0574. The van der Waals surface area contributed by atoms with Gasteiger partial charge in [0.1, 0.15) is 0 Å². The fourth-order valence-electron chi connectivity index (χ4n) is 3.53. The molecule has 1 aliphatic heterocycles. The van der Waals surface area contributed by atoms with Gasteiger partial charge < -0.3 is 9.88 Å². The van der Waals surface area contributed by atoms with Crippen LogP contribution in [0.5, 0.6) is 0 Å². The molecule has 21 heavy (non-hydrogen) atoms. The molecule has 1 aliphatic rings. The molecule has 1 saturated heterocycles. The number of hydrogen-bond acceptors (Lipinski definition) is 2. The first-order valence-electron chi connectivity index (χ1n) is 8.04. The van der Waals surface area contributed by atoms with E-state index in [-0.39, 0.29) is 0 Å². The normalized spacial score (nSPS) is 21.5. The second kappa shape index (κ2) is 5.82. The monoisotopic (exact) mass is 285 g/mol. The fraction of sp³-hybridized carbons (Fsp3) is 0.556. The largest absolute Gasteiger partial charge is 0.359 e. The maximum absolute atomic E-state index is 3.45. The Labute approximate surface area is 127 Å². The minimum Gasteiger partial charge on any atom is -0.359 e. The van der Waals surface area contributed by atoms with E-state index in [1.165, 1.54) is 41.8 Å². The molecule has 0 bridgehead atoms. The maximum Gasteiger partial charge on any atom is 0.0459 e. The Kier molecular flexibility index (Phi) is 4.05. The zero-order chi connectivity index (χ0) is 15.0. The number of nitrogens with one attached hydrogen (secondary N) is 1. The Balaban J connectivity index is 1.86. The third-order valence-electron chi connectivity index (χ3n) is 4.77. The minimum atomic E-state index is 0.652. The molecule has 0 amide bonds. The van der Waals surface area contributed by atoms with Crippen molar-refractivity contribution in [2.45, 2.75) is 33.4 Å². The first-order chi connectivity index (χ1) is 10.0. The number of H-pyrrole nitrogens is 1. The minimum absolute atomic E-state index is 0.652. The van der Waals surface area contributed by atoms with Gasteiger partial charge in [0.2, 0.25) is 0 Å². The predicted molar refractivity (Wildman–Crippen MR) is 89.6 cm³/mol. The van der Waals surface area contributed by atoms with Gasteiger partial charge in [0.25, 0.3) is 0 Å². The number of likely N-dealkylation sites (N-methyl/N-ethyl adjacent to an activating group) is 1. The molecule has 3 rings (SSSR count). The van der Waals surface area contributed by atoms with Gasteiger partial charge in [-0.05, 0) is 37.6 Å². The van der Waals surface area contributed by atoms with Crippen LogP contribution in [0, 0.1) is 12.8 Å². The molecule has 0 saturated carbocycles. The number of rotatable bonds is 3. The van der Waals surface area contributed by atoms with Crippen LogP contribution in [0.25, 0.3) is 10.9 Å². The molecule has 1 atom stereocenters. The van der Waals surface area contributed by atoms with Crippen LogP contribution in [-0.2, 0) is 6.54 Å². The van der Waals surface area contributed by atoms with Crippen LogP contribution in [0.2, 0.25) is 0 Å². The lowest BCUT2D eigenvalue weighted by atomic mass is 9.98. The fourth-order valence-corrected chi connectivity index (χ4v) is 3.53. The van der Waals surface area contributed by atoms with Crippen molar-refractivity contribution in [1.29, 1.82) is 0 Å². The topological polar surface area (TPSA) is 22.3 Å². The molecular formula is C18H27N3. The molecule has 2 aromatic rings. The average molecular weight is 285 g/mol. The van der Waals surface area contributed by atoms with Crippen LogP contribution in [0.3, 0.4) is 0 Å². The molecule has 114 valence electrons. The van der Waals surface area contributed by atoms with E-state index in [9.17, 15) is 0 Å². The molecule has 1 N–H and O–H groups in total. The Morgan fingerprint density at radius 2 is 2.10 bits per heavy atom. The van der Waals surface area contributed by atoms with Gasteiger partial charge in [0, 0.05) is 48.8 Å². The van der Waals surface area contributed by atoms with Crippen molar-refractivity contribution < 1.29 is 0 Å². The molecule has 0 radical (unpaired) electrons. The SMILES string of the molecule is Cc1cc2c(CN3CCN(C)C[C@@H]3C(C)C)cccc2[nH]1. The zero-order valence-corrected chi connectivity index (χ0v) is 13.7. The summed E-state index contributed by atoms with van der Waals surface area (Å²) in [5, 5.41) is 1.39. The van der Waals surface area contributed by atoms with Crippen LogP contribution in [0.15, 0.2) is 24.3 Å². The molecule has 0 aliphatic carbocycles. The predicted octanol–water partition coefficient (Wildman–Crippen LogP) is 3.25. The van der Waals surface area contributed by atoms with Gasteiger partial charge in [-0.2, -0.15) is 0 Å². The summed E-state index contributed by atoms with van der Waals surface area (Å²) < 4.78 is 0. The van der Waals surface area contributed by atoms with E-state index >= 15 is 0 Å². The van der Waals surface area contributed by atoms with Gasteiger partial charge in [-0.3, -0.25) is 4.90 Å². The quantitative estimate of drug-likeness (QED) is 0.935. The summed E-state index contributed by atoms with van der Waals surface area (Å²) in [5.41, 5.74) is 3.96. The van der Waals surface area contributed by atoms with E-state index in [4.69, 9.17) is 0 Å². The third-order valence-corrected chi connectivity index (χ3v) is 4.77. The molecule has 1 aromatic heterocycles. The number of piperazine rings is 1. The highest BCUT2D eigenvalue weighted by molar-refractivity contribution is 5.83. The van der Waals surface area contributed by atoms with E-state index in [1.54, 1.807) is 0 Å². The molecular weight excluding hydrogens is 258 g/mol. The van der Waals surface area contributed by atoms with Gasteiger partial charge in [-0.15, -0.1) is 0 Å². The van der Waals surface area contributed by atoms with Crippen molar-refractivity contribution in [3.63, 3.8) is 0 Å². The van der Waals surface area contributed by atoms with E-state index in [0.29, 0.717) is 12.0 Å². The summed E-state index contributed by atoms with van der Waals surface area (Å²) in [5.74, 6) is 0.694. The summed E-state index contributed by atoms with van der Waals surface area (Å²) in [4.78, 5) is 8.58.